The standard InChI is InChI=1S/C11H14N4S/c1-6-4-5-9(8(3)13-6)11-15-14-10(16-11)7(2)12/h4-5,7H,12H2,1-3H3. The third kappa shape index (κ3) is 2.10. The molecule has 0 aliphatic carbocycles. The molecule has 1 atom stereocenters. The number of nitrogens with zero attached hydrogens (tertiary/aromatic N) is 3. The number of rotatable bonds is 2. The molecule has 0 saturated heterocycles. The molecule has 2 N–H and O–H groups in total. The van der Waals surface area contributed by atoms with E-state index in [4.69, 9.17) is 5.73 Å². The van der Waals surface area contributed by atoms with Crippen LogP contribution in [-0.2, 0) is 0 Å². The van der Waals surface area contributed by atoms with E-state index in [1.165, 1.54) is 11.3 Å². The first-order chi connectivity index (χ1) is 7.58. The molecule has 0 spiro atoms. The van der Waals surface area contributed by atoms with E-state index in [9.17, 15) is 0 Å². The van der Waals surface area contributed by atoms with Crippen LogP contribution in [0, 0.1) is 13.8 Å². The van der Waals surface area contributed by atoms with Crippen LogP contribution < -0.4 is 5.73 Å². The lowest BCUT2D eigenvalue weighted by Gasteiger charge is -2.01. The summed E-state index contributed by atoms with van der Waals surface area (Å²) in [7, 11) is 0. The third-order valence-electron chi connectivity index (χ3n) is 2.29. The molecule has 0 fully saturated rings. The Morgan fingerprint density at radius 1 is 1.25 bits per heavy atom. The molecule has 4 nitrogen and oxygen atoms in total. The van der Waals surface area contributed by atoms with Gasteiger partial charge in [0.25, 0.3) is 0 Å². The zero-order chi connectivity index (χ0) is 11.7. The minimum absolute atomic E-state index is 0.0648. The Morgan fingerprint density at radius 3 is 2.56 bits per heavy atom. The summed E-state index contributed by atoms with van der Waals surface area (Å²) < 4.78 is 0. The average molecular weight is 234 g/mol. The molecule has 16 heavy (non-hydrogen) atoms. The predicted octanol–water partition coefficient (Wildman–Crippen LogP) is 2.24. The molecule has 0 aliphatic rings. The van der Waals surface area contributed by atoms with E-state index < -0.39 is 0 Å². The first-order valence-corrected chi connectivity index (χ1v) is 5.93. The van der Waals surface area contributed by atoms with E-state index in [2.05, 4.69) is 15.2 Å². The highest BCUT2D eigenvalue weighted by atomic mass is 32.1. The second-order valence-electron chi connectivity index (χ2n) is 3.82. The van der Waals surface area contributed by atoms with Crippen LogP contribution in [0.4, 0.5) is 0 Å². The fraction of sp³-hybridized carbons (Fsp3) is 0.364. The molecule has 0 bridgehead atoms. The van der Waals surface area contributed by atoms with Crippen molar-refractivity contribution in [1.29, 1.82) is 0 Å². The van der Waals surface area contributed by atoms with Crippen LogP contribution in [-0.4, -0.2) is 15.2 Å². The molecule has 2 aromatic rings. The Morgan fingerprint density at radius 2 is 2.00 bits per heavy atom. The first kappa shape index (κ1) is 11.2. The summed E-state index contributed by atoms with van der Waals surface area (Å²) in [6.45, 7) is 5.87. The van der Waals surface area contributed by atoms with Gasteiger partial charge in [-0.1, -0.05) is 11.3 Å². The second-order valence-corrected chi connectivity index (χ2v) is 4.83. The predicted molar refractivity (Wildman–Crippen MR) is 65.2 cm³/mol. The highest BCUT2D eigenvalue weighted by Crippen LogP contribution is 2.27. The molecular formula is C11H14N4S. The maximum Gasteiger partial charge on any atom is 0.149 e. The summed E-state index contributed by atoms with van der Waals surface area (Å²) in [4.78, 5) is 4.41. The third-order valence-corrected chi connectivity index (χ3v) is 3.44. The lowest BCUT2D eigenvalue weighted by atomic mass is 10.2. The zero-order valence-electron chi connectivity index (χ0n) is 9.56. The molecule has 0 saturated carbocycles. The Balaban J connectivity index is 2.42. The largest absolute Gasteiger partial charge is 0.322 e. The van der Waals surface area contributed by atoms with E-state index >= 15 is 0 Å². The van der Waals surface area contributed by atoms with Crippen LogP contribution in [0.25, 0.3) is 10.6 Å². The maximum absolute atomic E-state index is 5.76. The minimum atomic E-state index is -0.0648. The molecule has 5 heteroatoms. The summed E-state index contributed by atoms with van der Waals surface area (Å²) >= 11 is 1.53. The van der Waals surface area contributed by atoms with Gasteiger partial charge in [-0.25, -0.2) is 0 Å². The summed E-state index contributed by atoms with van der Waals surface area (Å²) in [6.07, 6.45) is 0. The lowest BCUT2D eigenvalue weighted by molar-refractivity contribution is 0.786. The Hall–Kier alpha value is -1.33. The molecule has 0 aromatic carbocycles. The summed E-state index contributed by atoms with van der Waals surface area (Å²) in [6, 6.07) is 3.95. The number of aromatic nitrogens is 3. The molecule has 1 unspecified atom stereocenters. The lowest BCUT2D eigenvalue weighted by Crippen LogP contribution is -2.03. The number of hydrogen-bond donors (Lipinski definition) is 1. The van der Waals surface area contributed by atoms with Crippen molar-refractivity contribution in [2.45, 2.75) is 26.8 Å². The number of aryl methyl sites for hydroxylation is 2. The molecular weight excluding hydrogens is 220 g/mol. The van der Waals surface area contributed by atoms with Gasteiger partial charge < -0.3 is 5.73 Å². The first-order valence-electron chi connectivity index (χ1n) is 5.11. The maximum atomic E-state index is 5.76. The van der Waals surface area contributed by atoms with Gasteiger partial charge in [-0.2, -0.15) is 0 Å². The van der Waals surface area contributed by atoms with Gasteiger partial charge in [0.05, 0.1) is 6.04 Å². The smallest absolute Gasteiger partial charge is 0.149 e. The van der Waals surface area contributed by atoms with Crippen LogP contribution >= 0.6 is 11.3 Å². The molecule has 84 valence electrons. The fourth-order valence-corrected chi connectivity index (χ4v) is 2.31. The van der Waals surface area contributed by atoms with Gasteiger partial charge >= 0.3 is 0 Å². The van der Waals surface area contributed by atoms with Crippen molar-refractivity contribution in [1.82, 2.24) is 15.2 Å². The highest BCUT2D eigenvalue weighted by molar-refractivity contribution is 7.14. The van der Waals surface area contributed by atoms with Gasteiger partial charge in [-0.05, 0) is 32.9 Å². The fourth-order valence-electron chi connectivity index (χ4n) is 1.44. The molecule has 2 aromatic heterocycles. The van der Waals surface area contributed by atoms with Gasteiger partial charge in [0.15, 0.2) is 0 Å². The summed E-state index contributed by atoms with van der Waals surface area (Å²) in [5, 5.41) is 9.96. The number of pyridine rings is 1. The van der Waals surface area contributed by atoms with Crippen molar-refractivity contribution in [3.8, 4) is 10.6 Å². The van der Waals surface area contributed by atoms with E-state index in [1.54, 1.807) is 0 Å². The average Bonchev–Trinajstić information content (AvgIpc) is 2.66. The van der Waals surface area contributed by atoms with E-state index in [0.29, 0.717) is 0 Å². The van der Waals surface area contributed by atoms with E-state index in [-0.39, 0.29) is 6.04 Å². The van der Waals surface area contributed by atoms with Crippen LogP contribution in [0.1, 0.15) is 29.4 Å². The quantitative estimate of drug-likeness (QED) is 0.865. The van der Waals surface area contributed by atoms with Crippen LogP contribution in [0.15, 0.2) is 12.1 Å². The highest BCUT2D eigenvalue weighted by Gasteiger charge is 2.11. The van der Waals surface area contributed by atoms with E-state index in [1.807, 2.05) is 32.9 Å². The molecule has 2 heterocycles. The molecule has 0 aliphatic heterocycles. The van der Waals surface area contributed by atoms with Crippen LogP contribution in [0.5, 0.6) is 0 Å². The molecule has 0 radical (unpaired) electrons. The van der Waals surface area contributed by atoms with Crippen LogP contribution in [0.2, 0.25) is 0 Å². The van der Waals surface area contributed by atoms with Gasteiger partial charge in [-0.3, -0.25) is 4.98 Å². The monoisotopic (exact) mass is 234 g/mol. The Kier molecular flexibility index (Phi) is 2.98. The molecule has 2 rings (SSSR count). The molecule has 0 amide bonds. The van der Waals surface area contributed by atoms with Crippen molar-refractivity contribution in [3.05, 3.63) is 28.5 Å². The summed E-state index contributed by atoms with van der Waals surface area (Å²) in [5.74, 6) is 0. The van der Waals surface area contributed by atoms with Gasteiger partial charge in [0, 0.05) is 17.0 Å². The van der Waals surface area contributed by atoms with Crippen molar-refractivity contribution in [2.75, 3.05) is 0 Å². The SMILES string of the molecule is Cc1ccc(-c2nnc(C(C)N)s2)c(C)n1. The minimum Gasteiger partial charge on any atom is -0.322 e. The van der Waals surface area contributed by atoms with Crippen molar-refractivity contribution >= 4 is 11.3 Å². The van der Waals surface area contributed by atoms with Gasteiger partial charge in [0.1, 0.15) is 10.0 Å². The Labute approximate surface area is 98.6 Å². The summed E-state index contributed by atoms with van der Waals surface area (Å²) in [5.41, 5.74) is 8.79. The van der Waals surface area contributed by atoms with Crippen molar-refractivity contribution in [3.63, 3.8) is 0 Å². The normalized spacial score (nSPS) is 12.8. The van der Waals surface area contributed by atoms with Gasteiger partial charge in [0.2, 0.25) is 0 Å². The number of nitrogens with two attached hydrogens (primary N) is 1. The zero-order valence-corrected chi connectivity index (χ0v) is 10.4. The van der Waals surface area contributed by atoms with Crippen molar-refractivity contribution < 1.29 is 0 Å². The Bertz CT molecular complexity index is 504. The number of hydrogen-bond acceptors (Lipinski definition) is 5. The second kappa shape index (κ2) is 4.27. The van der Waals surface area contributed by atoms with Gasteiger partial charge in [-0.15, -0.1) is 10.2 Å². The van der Waals surface area contributed by atoms with Crippen molar-refractivity contribution in [2.24, 2.45) is 5.73 Å². The topological polar surface area (TPSA) is 64.7 Å². The van der Waals surface area contributed by atoms with Crippen LogP contribution in [0.3, 0.4) is 0 Å². The van der Waals surface area contributed by atoms with E-state index in [0.717, 1.165) is 27.0 Å².